The van der Waals surface area contributed by atoms with Crippen molar-refractivity contribution in [3.8, 4) is 0 Å². The molecule has 1 rings (SSSR count). The van der Waals surface area contributed by atoms with Gasteiger partial charge in [0.05, 0.1) is 11.9 Å². The van der Waals surface area contributed by atoms with E-state index in [9.17, 15) is 4.79 Å². The number of hydrogen-bond donors (Lipinski definition) is 1. The van der Waals surface area contributed by atoms with Crippen LogP contribution in [0.1, 0.15) is 20.3 Å². The molecule has 1 aromatic heterocycles. The van der Waals surface area contributed by atoms with E-state index in [0.29, 0.717) is 6.42 Å². The van der Waals surface area contributed by atoms with Crippen LogP contribution in [0.15, 0.2) is 12.4 Å². The van der Waals surface area contributed by atoms with Crippen molar-refractivity contribution in [3.63, 3.8) is 0 Å². The van der Waals surface area contributed by atoms with Gasteiger partial charge < -0.3 is 5.32 Å². The molecule has 1 amide bonds. The Bertz CT molecular complexity index is 267. The highest BCUT2D eigenvalue weighted by molar-refractivity contribution is 5.90. The van der Waals surface area contributed by atoms with Gasteiger partial charge in [-0.05, 0) is 6.92 Å². The molecule has 4 heteroatoms. The first-order valence-corrected chi connectivity index (χ1v) is 4.08. The van der Waals surface area contributed by atoms with Crippen molar-refractivity contribution in [2.75, 3.05) is 5.32 Å². The highest BCUT2D eigenvalue weighted by atomic mass is 16.1. The molecule has 12 heavy (non-hydrogen) atoms. The molecule has 0 saturated heterocycles. The Morgan fingerprint density at radius 1 is 1.67 bits per heavy atom. The van der Waals surface area contributed by atoms with Gasteiger partial charge in [0.25, 0.3) is 0 Å². The van der Waals surface area contributed by atoms with Crippen molar-refractivity contribution in [2.24, 2.45) is 0 Å². The van der Waals surface area contributed by atoms with Gasteiger partial charge in [0.1, 0.15) is 0 Å². The molecule has 0 aliphatic rings. The van der Waals surface area contributed by atoms with E-state index >= 15 is 0 Å². The van der Waals surface area contributed by atoms with Crippen LogP contribution in [0.3, 0.4) is 0 Å². The van der Waals surface area contributed by atoms with Crippen LogP contribution in [-0.4, -0.2) is 15.7 Å². The summed E-state index contributed by atoms with van der Waals surface area (Å²) in [6, 6.07) is 0. The van der Waals surface area contributed by atoms with E-state index in [1.165, 1.54) is 0 Å². The fourth-order valence-corrected chi connectivity index (χ4v) is 0.850. The van der Waals surface area contributed by atoms with E-state index in [4.69, 9.17) is 0 Å². The Morgan fingerprint density at radius 2 is 2.42 bits per heavy atom. The molecular formula is C8H13N3O. The number of carbonyl (C=O) groups excluding carboxylic acids is 1. The van der Waals surface area contributed by atoms with Gasteiger partial charge >= 0.3 is 0 Å². The molecule has 0 atom stereocenters. The van der Waals surface area contributed by atoms with Gasteiger partial charge in [-0.1, -0.05) is 6.92 Å². The van der Waals surface area contributed by atoms with E-state index in [1.54, 1.807) is 10.9 Å². The third-order valence-electron chi connectivity index (χ3n) is 1.56. The van der Waals surface area contributed by atoms with Crippen molar-refractivity contribution in [3.05, 3.63) is 12.4 Å². The molecule has 66 valence electrons. The number of amides is 1. The first kappa shape index (κ1) is 8.77. The molecule has 0 aromatic carbocycles. The van der Waals surface area contributed by atoms with Crippen molar-refractivity contribution in [1.29, 1.82) is 0 Å². The number of aryl methyl sites for hydroxylation is 1. The molecule has 0 unspecified atom stereocenters. The summed E-state index contributed by atoms with van der Waals surface area (Å²) >= 11 is 0. The molecule has 0 aliphatic carbocycles. The maximum Gasteiger partial charge on any atom is 0.224 e. The van der Waals surface area contributed by atoms with Crippen LogP contribution in [0.2, 0.25) is 0 Å². The normalized spacial score (nSPS) is 9.83. The summed E-state index contributed by atoms with van der Waals surface area (Å²) in [4.78, 5) is 10.9. The molecule has 1 N–H and O–H groups in total. The highest BCUT2D eigenvalue weighted by Crippen LogP contribution is 2.04. The Kier molecular flexibility index (Phi) is 2.85. The summed E-state index contributed by atoms with van der Waals surface area (Å²) < 4.78 is 1.77. The minimum atomic E-state index is 0.0191. The quantitative estimate of drug-likeness (QED) is 0.736. The standard InChI is InChI=1S/C8H13N3O/c1-3-8(12)10-7-5-9-11(4-2)6-7/h5-6H,3-4H2,1-2H3,(H,10,12). The van der Waals surface area contributed by atoms with Crippen LogP contribution in [0, 0.1) is 0 Å². The lowest BCUT2D eigenvalue weighted by molar-refractivity contribution is -0.115. The number of carbonyl (C=O) groups is 1. The number of aromatic nitrogens is 2. The second-order valence-electron chi connectivity index (χ2n) is 2.49. The third-order valence-corrected chi connectivity index (χ3v) is 1.56. The van der Waals surface area contributed by atoms with Crippen LogP contribution in [-0.2, 0) is 11.3 Å². The number of nitrogens with one attached hydrogen (secondary N) is 1. The van der Waals surface area contributed by atoms with E-state index in [1.807, 2.05) is 20.0 Å². The lowest BCUT2D eigenvalue weighted by Gasteiger charge is -1.97. The van der Waals surface area contributed by atoms with E-state index in [2.05, 4.69) is 10.4 Å². The van der Waals surface area contributed by atoms with E-state index < -0.39 is 0 Å². The van der Waals surface area contributed by atoms with Crippen LogP contribution >= 0.6 is 0 Å². The lowest BCUT2D eigenvalue weighted by atomic mass is 10.4. The topological polar surface area (TPSA) is 46.9 Å². The zero-order valence-corrected chi connectivity index (χ0v) is 7.37. The number of hydrogen-bond acceptors (Lipinski definition) is 2. The summed E-state index contributed by atoms with van der Waals surface area (Å²) in [5.41, 5.74) is 0.767. The van der Waals surface area contributed by atoms with E-state index in [-0.39, 0.29) is 5.91 Å². The Morgan fingerprint density at radius 3 is 2.92 bits per heavy atom. The maximum absolute atomic E-state index is 10.9. The van der Waals surface area contributed by atoms with Crippen LogP contribution in [0.5, 0.6) is 0 Å². The van der Waals surface area contributed by atoms with Crippen molar-refractivity contribution < 1.29 is 4.79 Å². The Labute approximate surface area is 71.6 Å². The molecule has 0 aliphatic heterocycles. The molecule has 4 nitrogen and oxygen atoms in total. The monoisotopic (exact) mass is 167 g/mol. The number of rotatable bonds is 3. The van der Waals surface area contributed by atoms with Gasteiger partial charge in [0.15, 0.2) is 0 Å². The van der Waals surface area contributed by atoms with Gasteiger partial charge in [-0.3, -0.25) is 9.48 Å². The van der Waals surface area contributed by atoms with Crippen LogP contribution < -0.4 is 5.32 Å². The Balaban J connectivity index is 2.58. The van der Waals surface area contributed by atoms with Crippen molar-refractivity contribution >= 4 is 11.6 Å². The summed E-state index contributed by atoms with van der Waals surface area (Å²) in [5.74, 6) is 0.0191. The average molecular weight is 167 g/mol. The molecule has 0 bridgehead atoms. The minimum Gasteiger partial charge on any atom is -0.323 e. The molecule has 0 radical (unpaired) electrons. The third kappa shape index (κ3) is 2.08. The second kappa shape index (κ2) is 3.90. The zero-order chi connectivity index (χ0) is 8.97. The summed E-state index contributed by atoms with van der Waals surface area (Å²) in [6.45, 7) is 4.64. The highest BCUT2D eigenvalue weighted by Gasteiger charge is 2.00. The van der Waals surface area contributed by atoms with Crippen LogP contribution in [0.25, 0.3) is 0 Å². The van der Waals surface area contributed by atoms with Gasteiger partial charge in [-0.25, -0.2) is 0 Å². The number of anilines is 1. The molecule has 1 aromatic rings. The summed E-state index contributed by atoms with van der Waals surface area (Å²) in [5, 5.41) is 6.75. The van der Waals surface area contributed by atoms with Gasteiger partial charge in [0, 0.05) is 19.2 Å². The molecule has 0 fully saturated rings. The smallest absolute Gasteiger partial charge is 0.224 e. The van der Waals surface area contributed by atoms with Gasteiger partial charge in [-0.15, -0.1) is 0 Å². The fourth-order valence-electron chi connectivity index (χ4n) is 0.850. The summed E-state index contributed by atoms with van der Waals surface area (Å²) in [6.07, 6.45) is 3.96. The first-order valence-electron chi connectivity index (χ1n) is 4.08. The minimum absolute atomic E-state index is 0.0191. The molecular weight excluding hydrogens is 154 g/mol. The predicted octanol–water partition coefficient (Wildman–Crippen LogP) is 1.25. The largest absolute Gasteiger partial charge is 0.323 e. The fraction of sp³-hybridized carbons (Fsp3) is 0.500. The van der Waals surface area contributed by atoms with Gasteiger partial charge in [0.2, 0.25) is 5.91 Å². The second-order valence-corrected chi connectivity index (χ2v) is 2.49. The zero-order valence-electron chi connectivity index (χ0n) is 7.37. The molecule has 0 saturated carbocycles. The molecule has 1 heterocycles. The SMILES string of the molecule is CCC(=O)Nc1cnn(CC)c1. The number of nitrogens with zero attached hydrogens (tertiary/aromatic N) is 2. The lowest BCUT2D eigenvalue weighted by Crippen LogP contribution is -2.08. The predicted molar refractivity (Wildman–Crippen MR) is 46.8 cm³/mol. The maximum atomic E-state index is 10.9. The van der Waals surface area contributed by atoms with Crippen LogP contribution in [0.4, 0.5) is 5.69 Å². The Hall–Kier alpha value is -1.32. The average Bonchev–Trinajstić information content (AvgIpc) is 2.52. The van der Waals surface area contributed by atoms with Crippen molar-refractivity contribution in [2.45, 2.75) is 26.8 Å². The molecule has 0 spiro atoms. The van der Waals surface area contributed by atoms with E-state index in [0.717, 1.165) is 12.2 Å². The van der Waals surface area contributed by atoms with Gasteiger partial charge in [-0.2, -0.15) is 5.10 Å². The summed E-state index contributed by atoms with van der Waals surface area (Å²) in [7, 11) is 0. The first-order chi connectivity index (χ1) is 5.76. The van der Waals surface area contributed by atoms with Crippen molar-refractivity contribution in [1.82, 2.24) is 9.78 Å².